The monoisotopic (exact) mass is 1090 g/mol. The molecule has 0 heterocycles. The molecule has 2 nitrogen and oxygen atoms in total. The molecular formula is C74H60F6N2. The first-order valence-corrected chi connectivity index (χ1v) is 27.7. The van der Waals surface area contributed by atoms with E-state index in [-0.39, 0.29) is 0 Å². The summed E-state index contributed by atoms with van der Waals surface area (Å²) >= 11 is 0. The number of rotatable bonds is 10. The van der Waals surface area contributed by atoms with Crippen molar-refractivity contribution in [3.63, 3.8) is 0 Å². The van der Waals surface area contributed by atoms with Crippen LogP contribution in [0, 0.1) is 61.3 Å². The molecule has 0 bridgehead atoms. The minimum absolute atomic E-state index is 0.334. The molecule has 0 fully saturated rings. The normalized spacial score (nSPS) is 16.3. The van der Waals surface area contributed by atoms with E-state index in [0.29, 0.717) is 22.8 Å². The lowest BCUT2D eigenvalue weighted by molar-refractivity contribution is -0.138. The van der Waals surface area contributed by atoms with Gasteiger partial charge in [-0.1, -0.05) is 140 Å². The van der Waals surface area contributed by atoms with Gasteiger partial charge in [-0.15, -0.1) is 0 Å². The zero-order valence-electron chi connectivity index (χ0n) is 46.9. The van der Waals surface area contributed by atoms with Gasteiger partial charge in [-0.05, 0) is 228 Å². The first kappa shape index (κ1) is 53.7. The van der Waals surface area contributed by atoms with Gasteiger partial charge >= 0.3 is 12.4 Å². The number of aryl methyl sites for hydroxylation is 4. The largest absolute Gasteiger partial charge is 0.416 e. The van der Waals surface area contributed by atoms with Crippen LogP contribution in [0.2, 0.25) is 0 Å². The Kier molecular flexibility index (Phi) is 13.5. The summed E-state index contributed by atoms with van der Waals surface area (Å²) in [5.74, 6) is -0.396. The molecule has 8 heteroatoms. The SMILES string of the molecule is Cc1cccc(-c2ccc(N(C3=C4C=CC5=C6C(=CC=C(C=C3)C46)C(N(c3cccc(C(F)(F)F)c3)c3ccc(-c4cccc(C)c4C)cc3-c3cccc(C)c3C)C=C5)c3cccc(C(F)(F)F)c3)c(-c3cccc(C)c3C)c2)c1C. The van der Waals surface area contributed by atoms with Crippen molar-refractivity contribution in [2.75, 3.05) is 9.80 Å². The van der Waals surface area contributed by atoms with Gasteiger partial charge in [0, 0.05) is 34.1 Å². The van der Waals surface area contributed by atoms with E-state index in [1.165, 1.54) is 24.3 Å². The zero-order chi connectivity index (χ0) is 57.5. The third-order valence-electron chi connectivity index (χ3n) is 17.5. The lowest BCUT2D eigenvalue weighted by atomic mass is 9.67. The number of halogens is 6. The number of allylic oxidation sites excluding steroid dienone is 10. The first-order chi connectivity index (χ1) is 39.3. The minimum Gasteiger partial charge on any atom is -0.330 e. The first-order valence-electron chi connectivity index (χ1n) is 27.7. The van der Waals surface area contributed by atoms with Gasteiger partial charge in [0.15, 0.2) is 0 Å². The van der Waals surface area contributed by atoms with Crippen molar-refractivity contribution in [2.45, 2.75) is 73.8 Å². The topological polar surface area (TPSA) is 6.48 Å². The molecule has 0 aromatic heterocycles. The van der Waals surface area contributed by atoms with Crippen molar-refractivity contribution in [3.05, 3.63) is 296 Å². The second-order valence-electron chi connectivity index (χ2n) is 22.2. The highest BCUT2D eigenvalue weighted by Crippen LogP contribution is 2.54. The molecule has 4 aliphatic rings. The zero-order valence-corrected chi connectivity index (χ0v) is 46.9. The molecule has 2 atom stereocenters. The number of hydrogen-bond donors (Lipinski definition) is 0. The molecule has 408 valence electrons. The van der Waals surface area contributed by atoms with E-state index < -0.39 is 35.4 Å². The van der Waals surface area contributed by atoms with Gasteiger partial charge in [-0.25, -0.2) is 0 Å². The van der Waals surface area contributed by atoms with E-state index in [1.54, 1.807) is 12.1 Å². The van der Waals surface area contributed by atoms with E-state index >= 15 is 0 Å². The standard InChI is InChI=1S/C74H60F6N2/c1-43-15-9-23-59(47(43)5)53-31-37-69(65(39-53)61-25-11-17-45(3)49(61)7)81(57-21-13-19-55(41-57)73(75,76)77)67-35-29-51-28-34-64-68(36-30-52-27-33-63(67)71(51)72(52)64)82(58-22-14-20-56(42-58)74(78,79)80)70-38-32-54(60-24-10-16-44(2)48(60)6)40-66(70)62-26-12-18-46(4)50(62)8/h9-42,67,72H,1-8H3. The Morgan fingerprint density at radius 3 is 1.43 bits per heavy atom. The summed E-state index contributed by atoms with van der Waals surface area (Å²) in [6.07, 6.45) is 7.32. The smallest absolute Gasteiger partial charge is 0.330 e. The van der Waals surface area contributed by atoms with E-state index in [9.17, 15) is 26.3 Å². The average molecular weight is 1090 g/mol. The van der Waals surface area contributed by atoms with Crippen LogP contribution in [-0.4, -0.2) is 6.04 Å². The predicted octanol–water partition coefficient (Wildman–Crippen LogP) is 20.9. The van der Waals surface area contributed by atoms with E-state index in [1.807, 2.05) is 46.2 Å². The van der Waals surface area contributed by atoms with Crippen LogP contribution in [-0.2, 0) is 12.4 Å². The van der Waals surface area contributed by atoms with Crippen LogP contribution in [0.3, 0.4) is 0 Å². The molecule has 0 amide bonds. The van der Waals surface area contributed by atoms with Gasteiger partial charge in [-0.3, -0.25) is 0 Å². The lowest BCUT2D eigenvalue weighted by Gasteiger charge is -2.44. The van der Waals surface area contributed by atoms with Gasteiger partial charge in [0.1, 0.15) is 0 Å². The van der Waals surface area contributed by atoms with Gasteiger partial charge < -0.3 is 9.80 Å². The summed E-state index contributed by atoms with van der Waals surface area (Å²) in [6.45, 7) is 16.7. The third-order valence-corrected chi connectivity index (χ3v) is 17.5. The van der Waals surface area contributed by atoms with Crippen molar-refractivity contribution < 1.29 is 26.3 Å². The summed E-state index contributed by atoms with van der Waals surface area (Å²) in [5, 5.41) is 0. The quantitative estimate of drug-likeness (QED) is 0.126. The fourth-order valence-corrected chi connectivity index (χ4v) is 12.5. The highest BCUT2D eigenvalue weighted by atomic mass is 19.4. The molecule has 12 rings (SSSR count). The van der Waals surface area contributed by atoms with E-state index in [0.717, 1.165) is 135 Å². The molecule has 0 saturated carbocycles. The van der Waals surface area contributed by atoms with E-state index in [4.69, 9.17) is 0 Å². The average Bonchev–Trinajstić information content (AvgIpc) is 1.84. The van der Waals surface area contributed by atoms with Crippen LogP contribution >= 0.6 is 0 Å². The predicted molar refractivity (Wildman–Crippen MR) is 325 cm³/mol. The van der Waals surface area contributed by atoms with Gasteiger partial charge in [-0.2, -0.15) is 26.3 Å². The molecular weight excluding hydrogens is 1030 g/mol. The Balaban J connectivity index is 1.07. The maximum atomic E-state index is 15.0. The van der Waals surface area contributed by atoms with Crippen LogP contribution in [0.15, 0.2) is 240 Å². The number of benzene rings is 8. The van der Waals surface area contributed by atoms with Crippen molar-refractivity contribution in [1.29, 1.82) is 0 Å². The number of hydrogen-bond acceptors (Lipinski definition) is 2. The van der Waals surface area contributed by atoms with Crippen LogP contribution in [0.1, 0.15) is 55.6 Å². The van der Waals surface area contributed by atoms with Gasteiger partial charge in [0.25, 0.3) is 0 Å². The molecule has 82 heavy (non-hydrogen) atoms. The van der Waals surface area contributed by atoms with Crippen LogP contribution in [0.25, 0.3) is 44.5 Å². The Bertz CT molecular complexity index is 4190. The van der Waals surface area contributed by atoms with Crippen LogP contribution < -0.4 is 9.80 Å². The Labute approximate surface area is 476 Å². The van der Waals surface area contributed by atoms with Crippen molar-refractivity contribution in [2.24, 2.45) is 5.92 Å². The molecule has 2 unspecified atom stereocenters. The molecule has 0 N–H and O–H groups in total. The second kappa shape index (κ2) is 20.6. The maximum Gasteiger partial charge on any atom is 0.416 e. The third kappa shape index (κ3) is 9.38. The van der Waals surface area contributed by atoms with Crippen molar-refractivity contribution >= 4 is 22.7 Å². The molecule has 4 aliphatic carbocycles. The highest BCUT2D eigenvalue weighted by molar-refractivity contribution is 5.93. The van der Waals surface area contributed by atoms with Gasteiger partial charge in [0.05, 0.1) is 28.6 Å². The maximum absolute atomic E-state index is 15.0. The Hall–Kier alpha value is -8.88. The number of nitrogens with zero attached hydrogens (tertiary/aromatic N) is 2. The van der Waals surface area contributed by atoms with Crippen molar-refractivity contribution in [1.82, 2.24) is 0 Å². The van der Waals surface area contributed by atoms with Crippen LogP contribution in [0.5, 0.6) is 0 Å². The Morgan fingerprint density at radius 1 is 0.402 bits per heavy atom. The summed E-state index contributed by atoms with van der Waals surface area (Å²) in [4.78, 5) is 4.03. The summed E-state index contributed by atoms with van der Waals surface area (Å²) in [5.41, 5.74) is 22.5. The molecule has 0 radical (unpaired) electrons. The van der Waals surface area contributed by atoms with E-state index in [2.05, 4.69) is 177 Å². The molecule has 8 aromatic rings. The fraction of sp³-hybridized carbons (Fsp3) is 0.162. The lowest BCUT2D eigenvalue weighted by Crippen LogP contribution is -2.37. The summed E-state index contributed by atoms with van der Waals surface area (Å²) < 4.78 is 89.8. The van der Waals surface area contributed by atoms with Gasteiger partial charge in [0.2, 0.25) is 0 Å². The summed E-state index contributed by atoms with van der Waals surface area (Å²) in [7, 11) is 0. The minimum atomic E-state index is -4.62. The molecule has 8 aromatic carbocycles. The Morgan fingerprint density at radius 2 is 0.878 bits per heavy atom. The molecule has 0 saturated heterocycles. The van der Waals surface area contributed by atoms with Crippen LogP contribution in [0.4, 0.5) is 49.1 Å². The summed E-state index contributed by atoms with van der Waals surface area (Å²) in [6, 6.07) is 47.9. The highest BCUT2D eigenvalue weighted by Gasteiger charge is 2.42. The molecule has 0 aliphatic heterocycles. The molecule has 0 spiro atoms. The fourth-order valence-electron chi connectivity index (χ4n) is 12.5. The number of anilines is 4. The van der Waals surface area contributed by atoms with Crippen molar-refractivity contribution in [3.8, 4) is 44.5 Å². The number of alkyl halides is 6. The second-order valence-corrected chi connectivity index (χ2v) is 22.2.